The molecule has 0 aromatic heterocycles. The Morgan fingerprint density at radius 1 is 0.810 bits per heavy atom. The summed E-state index contributed by atoms with van der Waals surface area (Å²) in [4.78, 5) is 0. The third-order valence-electron chi connectivity index (χ3n) is 3.32. The summed E-state index contributed by atoms with van der Waals surface area (Å²) in [6.07, 6.45) is 2.44. The van der Waals surface area contributed by atoms with Crippen LogP contribution < -0.4 is 0 Å². The summed E-state index contributed by atoms with van der Waals surface area (Å²) >= 11 is 0. The van der Waals surface area contributed by atoms with Crippen LogP contribution in [0.4, 0.5) is 0 Å². The standard InChI is InChI=1S/C13H24O7Si/c1-2-3-4-17-21(18-8-11-5-14-11,19-9-12-6-15-12)20-10-13-7-16-13/h11-13H,2-10H2,1H3. The summed E-state index contributed by atoms with van der Waals surface area (Å²) in [5, 5.41) is 0. The molecule has 122 valence electrons. The average Bonchev–Trinajstić information content (AvgIpc) is 3.37. The Morgan fingerprint density at radius 2 is 1.24 bits per heavy atom. The van der Waals surface area contributed by atoms with E-state index < -0.39 is 9.05 Å². The van der Waals surface area contributed by atoms with Crippen LogP contribution in [0.2, 0.25) is 0 Å². The van der Waals surface area contributed by atoms with Crippen molar-refractivity contribution in [3.63, 3.8) is 0 Å². The fourth-order valence-corrected chi connectivity index (χ4v) is 3.73. The minimum Gasteiger partial charge on any atom is -0.371 e. The maximum Gasteiger partial charge on any atom is 0.680 e. The number of epoxide rings is 3. The molecule has 8 heteroatoms. The third-order valence-corrected chi connectivity index (χ3v) is 5.44. The van der Waals surface area contributed by atoms with Crippen molar-refractivity contribution in [2.75, 3.05) is 46.2 Å². The van der Waals surface area contributed by atoms with Crippen molar-refractivity contribution in [3.05, 3.63) is 0 Å². The van der Waals surface area contributed by atoms with E-state index in [9.17, 15) is 0 Å². The third kappa shape index (κ3) is 5.91. The molecule has 0 bridgehead atoms. The zero-order valence-corrected chi connectivity index (χ0v) is 13.5. The minimum atomic E-state index is -3.14. The van der Waals surface area contributed by atoms with Gasteiger partial charge in [0, 0.05) is 6.61 Å². The summed E-state index contributed by atoms with van der Waals surface area (Å²) in [7, 11) is -3.14. The molecule has 0 radical (unpaired) electrons. The molecule has 0 spiro atoms. The van der Waals surface area contributed by atoms with Gasteiger partial charge in [-0.05, 0) is 6.42 Å². The molecule has 3 saturated heterocycles. The molecule has 3 aliphatic heterocycles. The molecule has 3 unspecified atom stereocenters. The molecule has 3 fully saturated rings. The van der Waals surface area contributed by atoms with Gasteiger partial charge in [0.2, 0.25) is 0 Å². The SMILES string of the molecule is CCCCO[Si](OCC1CO1)(OCC1CO1)OCC1CO1. The molecular formula is C13H24O7Si. The lowest BCUT2D eigenvalue weighted by atomic mass is 10.4. The van der Waals surface area contributed by atoms with Gasteiger partial charge in [0.1, 0.15) is 18.3 Å². The van der Waals surface area contributed by atoms with Crippen molar-refractivity contribution in [3.8, 4) is 0 Å². The zero-order valence-electron chi connectivity index (χ0n) is 12.5. The summed E-state index contributed by atoms with van der Waals surface area (Å²) in [6, 6.07) is 0. The predicted octanol–water partition coefficient (Wildman–Crippen LogP) is 0.485. The fourth-order valence-electron chi connectivity index (χ4n) is 1.67. The number of hydrogen-bond donors (Lipinski definition) is 0. The minimum absolute atomic E-state index is 0.146. The van der Waals surface area contributed by atoms with Gasteiger partial charge in [0.15, 0.2) is 0 Å². The Morgan fingerprint density at radius 3 is 1.57 bits per heavy atom. The molecule has 3 heterocycles. The van der Waals surface area contributed by atoms with Crippen LogP contribution in [0.1, 0.15) is 19.8 Å². The van der Waals surface area contributed by atoms with Crippen molar-refractivity contribution in [2.24, 2.45) is 0 Å². The number of hydrogen-bond acceptors (Lipinski definition) is 7. The van der Waals surface area contributed by atoms with Gasteiger partial charge >= 0.3 is 9.05 Å². The molecule has 3 aliphatic rings. The molecule has 0 aliphatic carbocycles. The van der Waals surface area contributed by atoms with Gasteiger partial charge < -0.3 is 31.9 Å². The van der Waals surface area contributed by atoms with Crippen LogP contribution in [0.25, 0.3) is 0 Å². The Labute approximate surface area is 126 Å². The first-order chi connectivity index (χ1) is 10.3. The molecule has 21 heavy (non-hydrogen) atoms. The molecule has 3 atom stereocenters. The van der Waals surface area contributed by atoms with E-state index in [0.29, 0.717) is 26.4 Å². The van der Waals surface area contributed by atoms with Gasteiger partial charge in [-0.1, -0.05) is 13.3 Å². The summed E-state index contributed by atoms with van der Waals surface area (Å²) < 4.78 is 39.1. The molecule has 0 saturated carbocycles. The topological polar surface area (TPSA) is 74.5 Å². The van der Waals surface area contributed by atoms with E-state index in [4.69, 9.17) is 31.9 Å². The van der Waals surface area contributed by atoms with Crippen LogP contribution in [0, 0.1) is 0 Å². The lowest BCUT2D eigenvalue weighted by molar-refractivity contribution is -0.0425. The highest BCUT2D eigenvalue weighted by Gasteiger charge is 2.49. The van der Waals surface area contributed by atoms with Gasteiger partial charge in [-0.25, -0.2) is 0 Å². The van der Waals surface area contributed by atoms with Crippen molar-refractivity contribution >= 4 is 9.05 Å². The van der Waals surface area contributed by atoms with Crippen molar-refractivity contribution in [1.29, 1.82) is 0 Å². The van der Waals surface area contributed by atoms with Crippen LogP contribution in [-0.2, 0) is 31.9 Å². The number of unbranched alkanes of at least 4 members (excludes halogenated alkanes) is 1. The van der Waals surface area contributed by atoms with Crippen molar-refractivity contribution in [1.82, 2.24) is 0 Å². The maximum atomic E-state index is 5.91. The normalized spacial score (nSPS) is 32.7. The molecule has 0 N–H and O–H groups in total. The van der Waals surface area contributed by atoms with E-state index in [1.807, 2.05) is 0 Å². The molecular weight excluding hydrogens is 296 g/mol. The van der Waals surface area contributed by atoms with Crippen LogP contribution >= 0.6 is 0 Å². The van der Waals surface area contributed by atoms with Gasteiger partial charge in [-0.15, -0.1) is 0 Å². The van der Waals surface area contributed by atoms with Gasteiger partial charge in [0.25, 0.3) is 0 Å². The van der Waals surface area contributed by atoms with Gasteiger partial charge in [0.05, 0.1) is 39.6 Å². The lowest BCUT2D eigenvalue weighted by Crippen LogP contribution is -2.51. The van der Waals surface area contributed by atoms with E-state index in [2.05, 4.69) is 6.92 Å². The lowest BCUT2D eigenvalue weighted by Gasteiger charge is -2.27. The van der Waals surface area contributed by atoms with Crippen molar-refractivity contribution < 1.29 is 31.9 Å². The molecule has 7 nitrogen and oxygen atoms in total. The Bertz CT molecular complexity index is 277. The highest BCUT2D eigenvalue weighted by molar-refractivity contribution is 6.53. The first-order valence-corrected chi connectivity index (χ1v) is 9.33. The van der Waals surface area contributed by atoms with Crippen LogP contribution in [0.3, 0.4) is 0 Å². The zero-order chi connectivity index (χ0) is 14.5. The van der Waals surface area contributed by atoms with Gasteiger partial charge in [-0.3, -0.25) is 0 Å². The molecule has 0 aromatic carbocycles. The second-order valence-corrected chi connectivity index (χ2v) is 7.66. The number of rotatable bonds is 13. The smallest absolute Gasteiger partial charge is 0.371 e. The van der Waals surface area contributed by atoms with Crippen molar-refractivity contribution in [2.45, 2.75) is 38.1 Å². The second kappa shape index (κ2) is 7.47. The van der Waals surface area contributed by atoms with Crippen LogP contribution in [-0.4, -0.2) is 73.6 Å². The first kappa shape index (κ1) is 15.8. The molecule has 0 aromatic rings. The average molecular weight is 320 g/mol. The monoisotopic (exact) mass is 320 g/mol. The van der Waals surface area contributed by atoms with E-state index >= 15 is 0 Å². The van der Waals surface area contributed by atoms with E-state index in [0.717, 1.165) is 32.7 Å². The summed E-state index contributed by atoms with van der Waals surface area (Å²) in [6.45, 7) is 6.25. The second-order valence-electron chi connectivity index (χ2n) is 5.50. The van der Waals surface area contributed by atoms with Gasteiger partial charge in [-0.2, -0.15) is 0 Å². The van der Waals surface area contributed by atoms with Crippen LogP contribution in [0.5, 0.6) is 0 Å². The summed E-state index contributed by atoms with van der Waals surface area (Å²) in [5.41, 5.74) is 0. The molecule has 3 rings (SSSR count). The predicted molar refractivity (Wildman–Crippen MR) is 73.7 cm³/mol. The van der Waals surface area contributed by atoms with E-state index in [-0.39, 0.29) is 18.3 Å². The fraction of sp³-hybridized carbons (Fsp3) is 1.00. The molecule has 0 amide bonds. The maximum absolute atomic E-state index is 5.91. The van der Waals surface area contributed by atoms with E-state index in [1.165, 1.54) is 0 Å². The van der Waals surface area contributed by atoms with E-state index in [1.54, 1.807) is 0 Å². The summed E-state index contributed by atoms with van der Waals surface area (Å²) in [5.74, 6) is 0. The largest absolute Gasteiger partial charge is 0.680 e. The quantitative estimate of drug-likeness (QED) is 0.278. The number of ether oxygens (including phenoxy) is 3. The first-order valence-electron chi connectivity index (χ1n) is 7.70. The van der Waals surface area contributed by atoms with Crippen LogP contribution in [0.15, 0.2) is 0 Å². The Balaban J connectivity index is 1.52. The Kier molecular flexibility index (Phi) is 5.63. The highest BCUT2D eigenvalue weighted by Crippen LogP contribution is 2.22. The highest BCUT2D eigenvalue weighted by atomic mass is 28.4. The Hall–Kier alpha value is -0.0631.